The Kier molecular flexibility index (Phi) is 4.96. The minimum atomic E-state index is -0.398. The number of rotatable bonds is 4. The summed E-state index contributed by atoms with van der Waals surface area (Å²) in [5.41, 5.74) is 6.76. The van der Waals surface area contributed by atoms with Crippen molar-refractivity contribution in [1.82, 2.24) is 4.90 Å². The van der Waals surface area contributed by atoms with Gasteiger partial charge in [-0.05, 0) is 24.8 Å². The van der Waals surface area contributed by atoms with E-state index in [9.17, 15) is 4.79 Å². The van der Waals surface area contributed by atoms with Gasteiger partial charge in [0.25, 0.3) is 0 Å². The van der Waals surface area contributed by atoms with E-state index in [1.165, 1.54) is 5.57 Å². The first-order valence-corrected chi connectivity index (χ1v) is 6.96. The van der Waals surface area contributed by atoms with Gasteiger partial charge in [-0.2, -0.15) is 0 Å². The fraction of sp³-hybridized carbons (Fsp3) is 0.786. The standard InChI is InChI=1S/C14H24N2O3/c1-18-10-12-2-6-16(7-3-12)13(17)14(11-15)4-8-19-9-5-14/h2H,3-11,15H2,1H3. The lowest BCUT2D eigenvalue weighted by Crippen LogP contribution is -2.51. The van der Waals surface area contributed by atoms with Gasteiger partial charge >= 0.3 is 0 Å². The predicted molar refractivity (Wildman–Crippen MR) is 72.7 cm³/mol. The molecule has 0 radical (unpaired) electrons. The number of ether oxygens (including phenoxy) is 2. The van der Waals surface area contributed by atoms with Crippen LogP contribution in [0.15, 0.2) is 11.6 Å². The van der Waals surface area contributed by atoms with E-state index >= 15 is 0 Å². The monoisotopic (exact) mass is 268 g/mol. The van der Waals surface area contributed by atoms with Crippen molar-refractivity contribution in [3.05, 3.63) is 11.6 Å². The molecule has 0 aliphatic carbocycles. The number of nitrogens with two attached hydrogens (primary N) is 1. The van der Waals surface area contributed by atoms with Crippen LogP contribution in [-0.4, -0.2) is 57.4 Å². The van der Waals surface area contributed by atoms with Crippen LogP contribution >= 0.6 is 0 Å². The average molecular weight is 268 g/mol. The maximum Gasteiger partial charge on any atom is 0.230 e. The molecule has 1 amide bonds. The zero-order valence-electron chi connectivity index (χ0n) is 11.7. The maximum absolute atomic E-state index is 12.7. The summed E-state index contributed by atoms with van der Waals surface area (Å²) in [5.74, 6) is 0.200. The summed E-state index contributed by atoms with van der Waals surface area (Å²) < 4.78 is 10.5. The van der Waals surface area contributed by atoms with Crippen LogP contribution in [-0.2, 0) is 14.3 Å². The molecule has 2 N–H and O–H groups in total. The highest BCUT2D eigenvalue weighted by atomic mass is 16.5. The van der Waals surface area contributed by atoms with Crippen molar-refractivity contribution >= 4 is 5.91 Å². The Labute approximate surface area is 114 Å². The molecule has 5 heteroatoms. The second-order valence-electron chi connectivity index (χ2n) is 5.39. The van der Waals surface area contributed by atoms with E-state index in [0.29, 0.717) is 32.9 Å². The minimum absolute atomic E-state index is 0.200. The Bertz CT molecular complexity index is 349. The molecular weight excluding hydrogens is 244 g/mol. The van der Waals surface area contributed by atoms with E-state index in [1.54, 1.807) is 7.11 Å². The van der Waals surface area contributed by atoms with Crippen molar-refractivity contribution in [3.63, 3.8) is 0 Å². The molecule has 0 spiro atoms. The summed E-state index contributed by atoms with van der Waals surface area (Å²) in [5, 5.41) is 0. The van der Waals surface area contributed by atoms with Crippen molar-refractivity contribution in [2.75, 3.05) is 46.6 Å². The first-order valence-electron chi connectivity index (χ1n) is 6.96. The fourth-order valence-electron chi connectivity index (χ4n) is 2.82. The van der Waals surface area contributed by atoms with Crippen molar-refractivity contribution in [3.8, 4) is 0 Å². The predicted octanol–water partition coefficient (Wildman–Crippen LogP) is 0.547. The smallest absolute Gasteiger partial charge is 0.230 e. The Morgan fingerprint density at radius 3 is 2.79 bits per heavy atom. The molecule has 0 atom stereocenters. The van der Waals surface area contributed by atoms with Crippen molar-refractivity contribution < 1.29 is 14.3 Å². The highest BCUT2D eigenvalue weighted by Gasteiger charge is 2.41. The SMILES string of the molecule is COCC1=CCN(C(=O)C2(CN)CCOCC2)CC1. The quantitative estimate of drug-likeness (QED) is 0.756. The zero-order valence-corrected chi connectivity index (χ0v) is 11.7. The molecule has 19 heavy (non-hydrogen) atoms. The van der Waals surface area contributed by atoms with Crippen LogP contribution in [0.5, 0.6) is 0 Å². The van der Waals surface area contributed by atoms with E-state index in [2.05, 4.69) is 6.08 Å². The van der Waals surface area contributed by atoms with Crippen LogP contribution < -0.4 is 5.73 Å². The molecule has 108 valence electrons. The van der Waals surface area contributed by atoms with Crippen LogP contribution in [0.4, 0.5) is 0 Å². The molecule has 0 unspecified atom stereocenters. The molecule has 2 aliphatic rings. The molecule has 1 saturated heterocycles. The fourth-order valence-corrected chi connectivity index (χ4v) is 2.82. The summed E-state index contributed by atoms with van der Waals surface area (Å²) >= 11 is 0. The number of carbonyl (C=O) groups excluding carboxylic acids is 1. The Balaban J connectivity index is 2.00. The van der Waals surface area contributed by atoms with Gasteiger partial charge in [-0.1, -0.05) is 6.08 Å². The van der Waals surface area contributed by atoms with Gasteiger partial charge in [-0.3, -0.25) is 4.79 Å². The van der Waals surface area contributed by atoms with Crippen molar-refractivity contribution in [2.45, 2.75) is 19.3 Å². The second-order valence-corrected chi connectivity index (χ2v) is 5.39. The number of nitrogens with zero attached hydrogens (tertiary/aromatic N) is 1. The second kappa shape index (κ2) is 6.50. The lowest BCUT2D eigenvalue weighted by Gasteiger charge is -2.39. The van der Waals surface area contributed by atoms with Gasteiger partial charge < -0.3 is 20.1 Å². The highest BCUT2D eigenvalue weighted by molar-refractivity contribution is 5.83. The zero-order chi connectivity index (χ0) is 13.7. The van der Waals surface area contributed by atoms with E-state index < -0.39 is 5.41 Å². The van der Waals surface area contributed by atoms with Crippen molar-refractivity contribution in [2.24, 2.45) is 11.1 Å². The normalized spacial score (nSPS) is 23.1. The van der Waals surface area contributed by atoms with Crippen LogP contribution in [0.3, 0.4) is 0 Å². The summed E-state index contributed by atoms with van der Waals surface area (Å²) in [6.45, 7) is 3.82. The summed E-state index contributed by atoms with van der Waals surface area (Å²) in [7, 11) is 1.70. The topological polar surface area (TPSA) is 64.8 Å². The largest absolute Gasteiger partial charge is 0.381 e. The third kappa shape index (κ3) is 3.16. The minimum Gasteiger partial charge on any atom is -0.381 e. The summed E-state index contributed by atoms with van der Waals surface area (Å²) in [4.78, 5) is 14.6. The molecule has 2 rings (SSSR count). The number of hydrogen-bond acceptors (Lipinski definition) is 4. The van der Waals surface area contributed by atoms with Gasteiger partial charge in [0.15, 0.2) is 0 Å². The first kappa shape index (κ1) is 14.5. The molecule has 2 aliphatic heterocycles. The van der Waals surface area contributed by atoms with E-state index in [-0.39, 0.29) is 5.91 Å². The van der Waals surface area contributed by atoms with Crippen LogP contribution in [0.2, 0.25) is 0 Å². The van der Waals surface area contributed by atoms with Gasteiger partial charge in [-0.25, -0.2) is 0 Å². The molecular formula is C14H24N2O3. The Morgan fingerprint density at radius 2 is 2.26 bits per heavy atom. The average Bonchev–Trinajstić information content (AvgIpc) is 2.48. The molecule has 0 aromatic rings. The van der Waals surface area contributed by atoms with Crippen LogP contribution in [0, 0.1) is 5.41 Å². The molecule has 2 heterocycles. The molecule has 0 saturated carbocycles. The van der Waals surface area contributed by atoms with Crippen molar-refractivity contribution in [1.29, 1.82) is 0 Å². The lowest BCUT2D eigenvalue weighted by molar-refractivity contribution is -0.146. The lowest BCUT2D eigenvalue weighted by atomic mass is 9.78. The van der Waals surface area contributed by atoms with Crippen LogP contribution in [0.1, 0.15) is 19.3 Å². The van der Waals surface area contributed by atoms with Crippen LogP contribution in [0.25, 0.3) is 0 Å². The summed E-state index contributed by atoms with van der Waals surface area (Å²) in [6, 6.07) is 0. The van der Waals surface area contributed by atoms with Gasteiger partial charge in [0.05, 0.1) is 12.0 Å². The molecule has 0 aromatic carbocycles. The molecule has 0 aromatic heterocycles. The van der Waals surface area contributed by atoms with Gasteiger partial charge in [0, 0.05) is 40.0 Å². The van der Waals surface area contributed by atoms with E-state index in [1.807, 2.05) is 4.90 Å². The summed E-state index contributed by atoms with van der Waals surface area (Å²) in [6.07, 6.45) is 4.49. The first-order chi connectivity index (χ1) is 9.22. The maximum atomic E-state index is 12.7. The van der Waals surface area contributed by atoms with Gasteiger partial charge in [0.1, 0.15) is 0 Å². The number of amides is 1. The third-order valence-electron chi connectivity index (χ3n) is 4.21. The molecule has 5 nitrogen and oxygen atoms in total. The Hall–Kier alpha value is -0.910. The van der Waals surface area contributed by atoms with Gasteiger partial charge in [0.2, 0.25) is 5.91 Å². The molecule has 1 fully saturated rings. The highest BCUT2D eigenvalue weighted by Crippen LogP contribution is 2.32. The van der Waals surface area contributed by atoms with E-state index in [0.717, 1.165) is 25.8 Å². The van der Waals surface area contributed by atoms with Gasteiger partial charge in [-0.15, -0.1) is 0 Å². The number of methoxy groups -OCH3 is 1. The third-order valence-corrected chi connectivity index (χ3v) is 4.21. The van der Waals surface area contributed by atoms with E-state index in [4.69, 9.17) is 15.2 Å². The number of carbonyl (C=O) groups is 1. The Morgan fingerprint density at radius 1 is 1.53 bits per heavy atom. The number of hydrogen-bond donors (Lipinski definition) is 1. The molecule has 0 bridgehead atoms.